The number of benzene rings is 2. The predicted octanol–water partition coefficient (Wildman–Crippen LogP) is 4.59. The third kappa shape index (κ3) is 5.16. The molecule has 0 saturated carbocycles. The van der Waals surface area contributed by atoms with Gasteiger partial charge in [-0.15, -0.1) is 21.5 Å². The number of aromatic carboxylic acids is 1. The second kappa shape index (κ2) is 9.87. The second-order valence-electron chi connectivity index (χ2n) is 9.58. The number of hydrogen-bond acceptors (Lipinski definition) is 8. The SMILES string of the molecule is Cc1csc(C2CCCN2C(=O)c2cc(C(=O)O)cc(-c3nnc(C(C)(N)Cc4ccccc4)o3)c2)n1. The van der Waals surface area contributed by atoms with E-state index in [1.165, 1.54) is 23.5 Å². The van der Waals surface area contributed by atoms with Gasteiger partial charge in [0.05, 0.1) is 17.1 Å². The minimum Gasteiger partial charge on any atom is -0.478 e. The van der Waals surface area contributed by atoms with Crippen molar-refractivity contribution < 1.29 is 19.1 Å². The van der Waals surface area contributed by atoms with Gasteiger partial charge in [-0.25, -0.2) is 9.78 Å². The molecule has 1 amide bonds. The number of aryl methyl sites for hydroxylation is 1. The van der Waals surface area contributed by atoms with Crippen molar-refractivity contribution in [2.75, 3.05) is 6.54 Å². The van der Waals surface area contributed by atoms with Gasteiger partial charge in [-0.1, -0.05) is 30.3 Å². The Morgan fingerprint density at radius 2 is 1.95 bits per heavy atom. The standard InChI is InChI=1S/C27H27N5O4S/c1-16-15-37-23(29-16)21-9-6-10-32(21)24(33)19-11-18(12-20(13-19)25(34)35)22-30-31-26(36-22)27(2,28)14-17-7-4-3-5-8-17/h3-5,7-8,11-13,15,21H,6,9-10,14,28H2,1-2H3,(H,34,35). The van der Waals surface area contributed by atoms with Gasteiger partial charge in [0.15, 0.2) is 0 Å². The van der Waals surface area contributed by atoms with E-state index in [4.69, 9.17) is 10.2 Å². The minimum atomic E-state index is -1.16. The van der Waals surface area contributed by atoms with Crippen LogP contribution in [-0.2, 0) is 12.0 Å². The molecule has 0 bridgehead atoms. The lowest BCUT2D eigenvalue weighted by atomic mass is 9.94. The number of amides is 1. The molecule has 3 heterocycles. The van der Waals surface area contributed by atoms with Gasteiger partial charge in [-0.2, -0.15) is 0 Å². The van der Waals surface area contributed by atoms with Crippen LogP contribution in [-0.4, -0.2) is 43.6 Å². The lowest BCUT2D eigenvalue weighted by Crippen LogP contribution is -2.35. The van der Waals surface area contributed by atoms with Crippen molar-refractivity contribution in [1.29, 1.82) is 0 Å². The molecule has 1 aliphatic heterocycles. The zero-order chi connectivity index (χ0) is 26.2. The normalized spacial score (nSPS) is 17.1. The zero-order valence-electron chi connectivity index (χ0n) is 20.5. The fourth-order valence-electron chi connectivity index (χ4n) is 4.62. The van der Waals surface area contributed by atoms with Gasteiger partial charge in [0.1, 0.15) is 5.01 Å². The van der Waals surface area contributed by atoms with Crippen molar-refractivity contribution in [3.8, 4) is 11.5 Å². The summed E-state index contributed by atoms with van der Waals surface area (Å²) in [6.07, 6.45) is 2.14. The maximum atomic E-state index is 13.6. The van der Waals surface area contributed by atoms with E-state index in [0.717, 1.165) is 29.1 Å². The maximum Gasteiger partial charge on any atom is 0.335 e. The highest BCUT2D eigenvalue weighted by Gasteiger charge is 2.33. The van der Waals surface area contributed by atoms with E-state index in [1.807, 2.05) is 42.6 Å². The molecule has 0 radical (unpaired) electrons. The van der Waals surface area contributed by atoms with E-state index < -0.39 is 11.5 Å². The first-order chi connectivity index (χ1) is 17.7. The van der Waals surface area contributed by atoms with Gasteiger partial charge in [0, 0.05) is 28.7 Å². The summed E-state index contributed by atoms with van der Waals surface area (Å²) in [5.74, 6) is -1.09. The molecule has 190 valence electrons. The van der Waals surface area contributed by atoms with Crippen LogP contribution in [0.1, 0.15) is 68.7 Å². The topological polar surface area (TPSA) is 135 Å². The monoisotopic (exact) mass is 517 g/mol. The van der Waals surface area contributed by atoms with Crippen molar-refractivity contribution in [2.24, 2.45) is 5.73 Å². The predicted molar refractivity (Wildman–Crippen MR) is 138 cm³/mol. The first-order valence-corrected chi connectivity index (χ1v) is 12.9. The van der Waals surface area contributed by atoms with Crippen LogP contribution in [0.3, 0.4) is 0 Å². The van der Waals surface area contributed by atoms with E-state index in [1.54, 1.807) is 17.9 Å². The largest absolute Gasteiger partial charge is 0.478 e. The Kier molecular flexibility index (Phi) is 6.61. The first kappa shape index (κ1) is 24.8. The molecule has 2 aromatic carbocycles. The van der Waals surface area contributed by atoms with Crippen LogP contribution in [0.15, 0.2) is 58.3 Å². The van der Waals surface area contributed by atoms with Crippen molar-refractivity contribution in [3.63, 3.8) is 0 Å². The Bertz CT molecular complexity index is 1450. The number of carboxylic acid groups (broad SMARTS) is 1. The Balaban J connectivity index is 1.46. The maximum absolute atomic E-state index is 13.6. The highest BCUT2D eigenvalue weighted by atomic mass is 32.1. The van der Waals surface area contributed by atoms with Crippen LogP contribution in [0.4, 0.5) is 0 Å². The molecule has 1 saturated heterocycles. The molecule has 2 unspecified atom stereocenters. The van der Waals surface area contributed by atoms with E-state index in [-0.39, 0.29) is 34.9 Å². The number of carboxylic acids is 1. The smallest absolute Gasteiger partial charge is 0.335 e. The number of likely N-dealkylation sites (tertiary alicyclic amines) is 1. The fourth-order valence-corrected chi connectivity index (χ4v) is 5.56. The summed E-state index contributed by atoms with van der Waals surface area (Å²) in [7, 11) is 0. The van der Waals surface area contributed by atoms with Crippen molar-refractivity contribution in [3.05, 3.63) is 87.2 Å². The number of carbonyl (C=O) groups excluding carboxylic acids is 1. The number of nitrogens with zero attached hydrogens (tertiary/aromatic N) is 4. The Hall–Kier alpha value is -3.89. The summed E-state index contributed by atoms with van der Waals surface area (Å²) in [5, 5.41) is 20.9. The summed E-state index contributed by atoms with van der Waals surface area (Å²) in [4.78, 5) is 31.8. The number of nitrogens with two attached hydrogens (primary N) is 1. The zero-order valence-corrected chi connectivity index (χ0v) is 21.4. The van der Waals surface area contributed by atoms with Crippen molar-refractivity contribution in [1.82, 2.24) is 20.1 Å². The highest BCUT2D eigenvalue weighted by molar-refractivity contribution is 7.09. The Morgan fingerprint density at radius 1 is 1.19 bits per heavy atom. The average Bonchev–Trinajstić information content (AvgIpc) is 3.64. The number of hydrogen-bond donors (Lipinski definition) is 2. The third-order valence-corrected chi connectivity index (χ3v) is 7.50. The van der Waals surface area contributed by atoms with Crippen LogP contribution in [0.25, 0.3) is 11.5 Å². The second-order valence-corrected chi connectivity index (χ2v) is 10.5. The number of carbonyl (C=O) groups is 2. The highest BCUT2D eigenvalue weighted by Crippen LogP contribution is 2.35. The van der Waals surface area contributed by atoms with Gasteiger partial charge in [-0.05, 0) is 56.9 Å². The Labute approximate surface area is 218 Å². The number of rotatable bonds is 7. The lowest BCUT2D eigenvalue weighted by molar-refractivity contribution is 0.0697. The summed E-state index contributed by atoms with van der Waals surface area (Å²) >= 11 is 1.53. The van der Waals surface area contributed by atoms with Gasteiger partial charge in [0.2, 0.25) is 11.8 Å². The van der Waals surface area contributed by atoms with Crippen LogP contribution in [0, 0.1) is 6.92 Å². The number of aromatic nitrogens is 3. The molecule has 1 aliphatic rings. The molecule has 37 heavy (non-hydrogen) atoms. The van der Waals surface area contributed by atoms with E-state index in [2.05, 4.69) is 15.2 Å². The molecule has 0 spiro atoms. The average molecular weight is 518 g/mol. The molecule has 3 N–H and O–H groups in total. The molecule has 5 rings (SSSR count). The molecule has 4 aromatic rings. The van der Waals surface area contributed by atoms with Gasteiger partial charge >= 0.3 is 5.97 Å². The summed E-state index contributed by atoms with van der Waals surface area (Å²) in [6.45, 7) is 4.30. The molecule has 2 aromatic heterocycles. The van der Waals surface area contributed by atoms with Crippen LogP contribution in [0.5, 0.6) is 0 Å². The molecule has 10 heteroatoms. The molecule has 9 nitrogen and oxygen atoms in total. The van der Waals surface area contributed by atoms with Crippen molar-refractivity contribution >= 4 is 23.2 Å². The van der Waals surface area contributed by atoms with Crippen LogP contribution in [0.2, 0.25) is 0 Å². The third-order valence-electron chi connectivity index (χ3n) is 6.44. The van der Waals surface area contributed by atoms with Gasteiger partial charge in [-0.3, -0.25) is 4.79 Å². The molecule has 1 fully saturated rings. The summed E-state index contributed by atoms with van der Waals surface area (Å²) in [6, 6.07) is 14.0. The molecule has 2 atom stereocenters. The van der Waals surface area contributed by atoms with Gasteiger partial charge in [0.25, 0.3) is 5.91 Å². The van der Waals surface area contributed by atoms with E-state index in [0.29, 0.717) is 18.5 Å². The fraction of sp³-hybridized carbons (Fsp3) is 0.296. The quantitative estimate of drug-likeness (QED) is 0.363. The summed E-state index contributed by atoms with van der Waals surface area (Å²) < 4.78 is 5.92. The minimum absolute atomic E-state index is 0.0405. The van der Waals surface area contributed by atoms with Crippen LogP contribution >= 0.6 is 11.3 Å². The van der Waals surface area contributed by atoms with Crippen LogP contribution < -0.4 is 5.73 Å². The van der Waals surface area contributed by atoms with Gasteiger partial charge < -0.3 is 20.2 Å². The molecule has 0 aliphatic carbocycles. The van der Waals surface area contributed by atoms with E-state index in [9.17, 15) is 14.7 Å². The molecular formula is C27H27N5O4S. The number of thiazole rings is 1. The molecular weight excluding hydrogens is 490 g/mol. The lowest BCUT2D eigenvalue weighted by Gasteiger charge is -2.23. The first-order valence-electron chi connectivity index (χ1n) is 12.0. The van der Waals surface area contributed by atoms with E-state index >= 15 is 0 Å². The van der Waals surface area contributed by atoms with Crippen molar-refractivity contribution in [2.45, 2.75) is 44.7 Å². The Morgan fingerprint density at radius 3 is 2.65 bits per heavy atom. The summed E-state index contributed by atoms with van der Waals surface area (Å²) in [5.41, 5.74) is 8.06.